The fourth-order valence-electron chi connectivity index (χ4n) is 3.72. The standard InChI is InChI=1S/C18H27N3O2/c19-16(15-6-2-1-3-7-15)17(22)20-14-18(8-12-23-13-9-18)21-10-4-5-11-21/h1-3,6-7,16H,4-5,8-14,19H2,(H,20,22). The highest BCUT2D eigenvalue weighted by molar-refractivity contribution is 5.83. The van der Waals surface area contributed by atoms with Crippen molar-refractivity contribution in [3.05, 3.63) is 35.9 Å². The lowest BCUT2D eigenvalue weighted by molar-refractivity contribution is -0.123. The summed E-state index contributed by atoms with van der Waals surface area (Å²) < 4.78 is 5.54. The highest BCUT2D eigenvalue weighted by Crippen LogP contribution is 2.30. The summed E-state index contributed by atoms with van der Waals surface area (Å²) in [7, 11) is 0. The number of carbonyl (C=O) groups excluding carboxylic acids is 1. The van der Waals surface area contributed by atoms with Gasteiger partial charge in [0.05, 0.1) is 0 Å². The van der Waals surface area contributed by atoms with Crippen LogP contribution < -0.4 is 11.1 Å². The summed E-state index contributed by atoms with van der Waals surface area (Å²) in [6.45, 7) is 4.46. The molecule has 2 saturated heterocycles. The Labute approximate surface area is 138 Å². The molecule has 0 aromatic heterocycles. The van der Waals surface area contributed by atoms with E-state index >= 15 is 0 Å². The van der Waals surface area contributed by atoms with Gasteiger partial charge >= 0.3 is 0 Å². The summed E-state index contributed by atoms with van der Waals surface area (Å²) in [6, 6.07) is 8.94. The van der Waals surface area contributed by atoms with E-state index in [1.165, 1.54) is 12.8 Å². The van der Waals surface area contributed by atoms with Crippen molar-refractivity contribution in [2.24, 2.45) is 5.73 Å². The summed E-state index contributed by atoms with van der Waals surface area (Å²) >= 11 is 0. The monoisotopic (exact) mass is 317 g/mol. The molecule has 2 heterocycles. The van der Waals surface area contributed by atoms with Gasteiger partial charge in [-0.25, -0.2) is 0 Å². The summed E-state index contributed by atoms with van der Waals surface area (Å²) in [5.74, 6) is -0.0961. The second-order valence-corrected chi connectivity index (χ2v) is 6.64. The molecule has 0 spiro atoms. The van der Waals surface area contributed by atoms with Crippen molar-refractivity contribution in [1.82, 2.24) is 10.2 Å². The molecule has 0 saturated carbocycles. The minimum Gasteiger partial charge on any atom is -0.381 e. The Hall–Kier alpha value is -1.43. The number of rotatable bonds is 5. The van der Waals surface area contributed by atoms with Crippen LogP contribution in [0, 0.1) is 0 Å². The first-order chi connectivity index (χ1) is 11.2. The number of nitrogens with zero attached hydrogens (tertiary/aromatic N) is 1. The first-order valence-corrected chi connectivity index (χ1v) is 8.62. The maximum Gasteiger partial charge on any atom is 0.241 e. The molecule has 1 atom stereocenters. The predicted octanol–water partition coefficient (Wildman–Crippen LogP) is 1.45. The Morgan fingerprint density at radius 3 is 2.52 bits per heavy atom. The summed E-state index contributed by atoms with van der Waals surface area (Å²) in [4.78, 5) is 15.0. The van der Waals surface area contributed by atoms with Crippen LogP contribution in [0.5, 0.6) is 0 Å². The zero-order valence-corrected chi connectivity index (χ0v) is 13.7. The van der Waals surface area contributed by atoms with Crippen molar-refractivity contribution >= 4 is 5.91 Å². The average Bonchev–Trinajstić information content (AvgIpc) is 3.16. The fraction of sp³-hybridized carbons (Fsp3) is 0.611. The van der Waals surface area contributed by atoms with Crippen LogP contribution in [0.4, 0.5) is 0 Å². The number of nitrogens with one attached hydrogen (secondary N) is 1. The molecule has 23 heavy (non-hydrogen) atoms. The minimum atomic E-state index is -0.605. The molecule has 1 amide bonds. The van der Waals surface area contributed by atoms with Gasteiger partial charge in [0, 0.05) is 25.3 Å². The Kier molecular flexibility index (Phi) is 5.30. The number of ether oxygens (including phenoxy) is 1. The van der Waals surface area contributed by atoms with Gasteiger partial charge in [-0.1, -0.05) is 30.3 Å². The van der Waals surface area contributed by atoms with Crippen molar-refractivity contribution in [3.63, 3.8) is 0 Å². The predicted molar refractivity (Wildman–Crippen MR) is 90.0 cm³/mol. The molecular weight excluding hydrogens is 290 g/mol. The number of hydrogen-bond donors (Lipinski definition) is 2. The number of likely N-dealkylation sites (tertiary alicyclic amines) is 1. The van der Waals surface area contributed by atoms with Gasteiger partial charge in [0.2, 0.25) is 5.91 Å². The molecule has 2 aliphatic rings. The van der Waals surface area contributed by atoms with E-state index in [0.717, 1.165) is 44.7 Å². The topological polar surface area (TPSA) is 67.6 Å². The molecule has 3 rings (SSSR count). The summed E-state index contributed by atoms with van der Waals surface area (Å²) in [6.07, 6.45) is 4.46. The SMILES string of the molecule is NC(C(=O)NCC1(N2CCCC2)CCOCC1)c1ccccc1. The Morgan fingerprint density at radius 1 is 1.22 bits per heavy atom. The van der Waals surface area contributed by atoms with E-state index in [4.69, 9.17) is 10.5 Å². The van der Waals surface area contributed by atoms with Crippen molar-refractivity contribution in [2.45, 2.75) is 37.3 Å². The normalized spacial score (nSPS) is 22.7. The van der Waals surface area contributed by atoms with Crippen LogP contribution in [0.2, 0.25) is 0 Å². The number of amides is 1. The quantitative estimate of drug-likeness (QED) is 0.862. The smallest absolute Gasteiger partial charge is 0.241 e. The first-order valence-electron chi connectivity index (χ1n) is 8.62. The van der Waals surface area contributed by atoms with Crippen LogP contribution in [0.3, 0.4) is 0 Å². The van der Waals surface area contributed by atoms with E-state index in [-0.39, 0.29) is 11.4 Å². The first kappa shape index (κ1) is 16.4. The molecule has 0 radical (unpaired) electrons. The van der Waals surface area contributed by atoms with E-state index in [0.29, 0.717) is 6.54 Å². The van der Waals surface area contributed by atoms with Crippen LogP contribution in [0.25, 0.3) is 0 Å². The maximum absolute atomic E-state index is 12.5. The molecule has 1 aromatic carbocycles. The largest absolute Gasteiger partial charge is 0.381 e. The third-order valence-electron chi connectivity index (χ3n) is 5.23. The lowest BCUT2D eigenvalue weighted by Crippen LogP contribution is -2.58. The highest BCUT2D eigenvalue weighted by atomic mass is 16.5. The van der Waals surface area contributed by atoms with Gasteiger partial charge in [-0.05, 0) is 44.3 Å². The fourth-order valence-corrected chi connectivity index (χ4v) is 3.72. The second-order valence-electron chi connectivity index (χ2n) is 6.64. The molecule has 2 aliphatic heterocycles. The summed E-state index contributed by atoms with van der Waals surface area (Å²) in [5.41, 5.74) is 7.00. The van der Waals surface area contributed by atoms with Crippen LogP contribution in [-0.4, -0.2) is 49.2 Å². The Balaban J connectivity index is 1.63. The maximum atomic E-state index is 12.5. The van der Waals surface area contributed by atoms with Crippen molar-refractivity contribution in [1.29, 1.82) is 0 Å². The summed E-state index contributed by atoms with van der Waals surface area (Å²) in [5, 5.41) is 3.11. The lowest BCUT2D eigenvalue weighted by Gasteiger charge is -2.44. The van der Waals surface area contributed by atoms with E-state index in [2.05, 4.69) is 10.2 Å². The molecule has 0 aliphatic carbocycles. The van der Waals surface area contributed by atoms with Gasteiger partial charge in [0.15, 0.2) is 0 Å². The number of hydrogen-bond acceptors (Lipinski definition) is 4. The molecule has 5 nitrogen and oxygen atoms in total. The van der Waals surface area contributed by atoms with Gasteiger partial charge < -0.3 is 15.8 Å². The van der Waals surface area contributed by atoms with Gasteiger partial charge in [0.25, 0.3) is 0 Å². The lowest BCUT2D eigenvalue weighted by atomic mass is 9.88. The molecule has 0 bridgehead atoms. The van der Waals surface area contributed by atoms with Gasteiger partial charge in [0.1, 0.15) is 6.04 Å². The van der Waals surface area contributed by atoms with Crippen LogP contribution in [-0.2, 0) is 9.53 Å². The second kappa shape index (κ2) is 7.43. The van der Waals surface area contributed by atoms with Gasteiger partial charge in [-0.15, -0.1) is 0 Å². The van der Waals surface area contributed by atoms with E-state index in [1.807, 2.05) is 30.3 Å². The molecule has 3 N–H and O–H groups in total. The van der Waals surface area contributed by atoms with Crippen LogP contribution in [0.15, 0.2) is 30.3 Å². The average molecular weight is 317 g/mol. The third-order valence-corrected chi connectivity index (χ3v) is 5.23. The highest BCUT2D eigenvalue weighted by Gasteiger charge is 2.40. The Bertz CT molecular complexity index is 508. The Morgan fingerprint density at radius 2 is 1.87 bits per heavy atom. The van der Waals surface area contributed by atoms with Gasteiger partial charge in [-0.2, -0.15) is 0 Å². The van der Waals surface area contributed by atoms with Crippen molar-refractivity contribution in [2.75, 3.05) is 32.8 Å². The van der Waals surface area contributed by atoms with E-state index in [9.17, 15) is 4.79 Å². The number of carbonyl (C=O) groups is 1. The molecular formula is C18H27N3O2. The van der Waals surface area contributed by atoms with E-state index in [1.54, 1.807) is 0 Å². The van der Waals surface area contributed by atoms with E-state index < -0.39 is 6.04 Å². The van der Waals surface area contributed by atoms with Gasteiger partial charge in [-0.3, -0.25) is 9.69 Å². The van der Waals surface area contributed by atoms with Crippen LogP contribution >= 0.6 is 0 Å². The molecule has 1 unspecified atom stereocenters. The number of nitrogens with two attached hydrogens (primary N) is 1. The third kappa shape index (κ3) is 3.74. The van der Waals surface area contributed by atoms with Crippen molar-refractivity contribution < 1.29 is 9.53 Å². The molecule has 126 valence electrons. The molecule has 1 aromatic rings. The minimum absolute atomic E-state index is 0.0425. The molecule has 5 heteroatoms. The van der Waals surface area contributed by atoms with Crippen LogP contribution in [0.1, 0.15) is 37.3 Å². The number of benzene rings is 1. The zero-order valence-electron chi connectivity index (χ0n) is 13.7. The zero-order chi connectivity index (χ0) is 16.1. The molecule has 2 fully saturated rings. The van der Waals surface area contributed by atoms with Crippen molar-refractivity contribution in [3.8, 4) is 0 Å².